The number of fused-ring (bicyclic) bond motifs is 1. The standard InChI is InChI=1S/C21H15N3O4S/c25-21(28-13-14-5-11-17(12-6-14)24(26)27)22-16-9-7-15(8-10-16)20-23-18-3-1-2-4-19(18)29-20/h1-12H,13H2,(H,22,25). The Kier molecular flexibility index (Phi) is 5.17. The summed E-state index contributed by atoms with van der Waals surface area (Å²) in [7, 11) is 0. The van der Waals surface area contributed by atoms with Crippen LogP contribution in [0.5, 0.6) is 0 Å². The molecule has 1 aromatic heterocycles. The number of benzene rings is 3. The molecular weight excluding hydrogens is 390 g/mol. The maximum Gasteiger partial charge on any atom is 0.411 e. The molecule has 0 saturated heterocycles. The van der Waals surface area contributed by atoms with Gasteiger partial charge in [-0.2, -0.15) is 0 Å². The molecule has 7 nitrogen and oxygen atoms in total. The van der Waals surface area contributed by atoms with E-state index in [-0.39, 0.29) is 12.3 Å². The molecule has 0 spiro atoms. The normalized spacial score (nSPS) is 10.6. The van der Waals surface area contributed by atoms with Gasteiger partial charge >= 0.3 is 6.09 Å². The highest BCUT2D eigenvalue weighted by Crippen LogP contribution is 2.30. The molecular formula is C21H15N3O4S. The molecule has 1 heterocycles. The van der Waals surface area contributed by atoms with Crippen molar-refractivity contribution in [2.45, 2.75) is 6.61 Å². The predicted molar refractivity (Wildman–Crippen MR) is 112 cm³/mol. The third-order valence-electron chi connectivity index (χ3n) is 4.19. The van der Waals surface area contributed by atoms with Gasteiger partial charge in [0, 0.05) is 23.4 Å². The van der Waals surface area contributed by atoms with Gasteiger partial charge in [0.1, 0.15) is 11.6 Å². The van der Waals surface area contributed by atoms with Crippen molar-refractivity contribution in [2.75, 3.05) is 5.32 Å². The highest BCUT2D eigenvalue weighted by molar-refractivity contribution is 7.21. The van der Waals surface area contributed by atoms with Crippen LogP contribution in [0.4, 0.5) is 16.2 Å². The van der Waals surface area contributed by atoms with Crippen molar-refractivity contribution in [3.05, 3.63) is 88.5 Å². The molecule has 1 N–H and O–H groups in total. The minimum atomic E-state index is -0.601. The average Bonchev–Trinajstić information content (AvgIpc) is 3.17. The minimum Gasteiger partial charge on any atom is -0.444 e. The molecule has 0 unspecified atom stereocenters. The molecule has 0 atom stereocenters. The number of hydrogen-bond acceptors (Lipinski definition) is 6. The molecule has 144 valence electrons. The molecule has 4 rings (SSSR count). The van der Waals surface area contributed by atoms with E-state index in [0.29, 0.717) is 11.3 Å². The lowest BCUT2D eigenvalue weighted by atomic mass is 10.2. The SMILES string of the molecule is O=C(Nc1ccc(-c2nc3ccccc3s2)cc1)OCc1ccc([N+](=O)[O-])cc1. The zero-order valence-corrected chi connectivity index (χ0v) is 15.9. The van der Waals surface area contributed by atoms with Crippen LogP contribution in [0, 0.1) is 10.1 Å². The first-order valence-electron chi connectivity index (χ1n) is 8.71. The number of rotatable bonds is 5. The number of amides is 1. The Morgan fingerprint density at radius 2 is 1.76 bits per heavy atom. The number of thiazole rings is 1. The molecule has 0 aliphatic heterocycles. The Bertz CT molecular complexity index is 1140. The van der Waals surface area contributed by atoms with Gasteiger partial charge in [0.15, 0.2) is 0 Å². The van der Waals surface area contributed by atoms with Gasteiger partial charge in [-0.15, -0.1) is 11.3 Å². The summed E-state index contributed by atoms with van der Waals surface area (Å²) in [5.74, 6) is 0. The Morgan fingerprint density at radius 3 is 2.45 bits per heavy atom. The number of nitro groups is 1. The zero-order chi connectivity index (χ0) is 20.2. The van der Waals surface area contributed by atoms with E-state index in [1.165, 1.54) is 12.1 Å². The predicted octanol–water partition coefficient (Wildman–Crippen LogP) is 5.62. The Morgan fingerprint density at radius 1 is 1.03 bits per heavy atom. The van der Waals surface area contributed by atoms with Gasteiger partial charge in [0.25, 0.3) is 5.69 Å². The van der Waals surface area contributed by atoms with Crippen molar-refractivity contribution < 1.29 is 14.5 Å². The maximum absolute atomic E-state index is 12.0. The van der Waals surface area contributed by atoms with Crippen LogP contribution in [0.3, 0.4) is 0 Å². The van der Waals surface area contributed by atoms with Crippen LogP contribution < -0.4 is 5.32 Å². The lowest BCUT2D eigenvalue weighted by Gasteiger charge is -2.07. The van der Waals surface area contributed by atoms with E-state index in [0.717, 1.165) is 20.8 Å². The van der Waals surface area contributed by atoms with Gasteiger partial charge in [0.2, 0.25) is 0 Å². The summed E-state index contributed by atoms with van der Waals surface area (Å²) < 4.78 is 6.28. The molecule has 0 bridgehead atoms. The minimum absolute atomic E-state index is 0.00795. The highest BCUT2D eigenvalue weighted by atomic mass is 32.1. The van der Waals surface area contributed by atoms with Gasteiger partial charge < -0.3 is 4.74 Å². The number of nitro benzene ring substituents is 1. The largest absolute Gasteiger partial charge is 0.444 e. The van der Waals surface area contributed by atoms with Gasteiger partial charge in [-0.05, 0) is 54.1 Å². The molecule has 0 radical (unpaired) electrons. The molecule has 4 aromatic rings. The van der Waals surface area contributed by atoms with Crippen LogP contribution in [0.2, 0.25) is 0 Å². The van der Waals surface area contributed by atoms with E-state index in [2.05, 4.69) is 10.3 Å². The summed E-state index contributed by atoms with van der Waals surface area (Å²) in [6.07, 6.45) is -0.601. The number of nitrogens with zero attached hydrogens (tertiary/aromatic N) is 2. The fraction of sp³-hybridized carbons (Fsp3) is 0.0476. The summed E-state index contributed by atoms with van der Waals surface area (Å²) >= 11 is 1.61. The van der Waals surface area contributed by atoms with Crippen molar-refractivity contribution in [3.8, 4) is 10.6 Å². The van der Waals surface area contributed by atoms with Crippen LogP contribution in [-0.2, 0) is 11.3 Å². The van der Waals surface area contributed by atoms with Crippen molar-refractivity contribution in [1.29, 1.82) is 0 Å². The number of carbonyl (C=O) groups is 1. The number of hydrogen-bond donors (Lipinski definition) is 1. The quantitative estimate of drug-likeness (QED) is 0.343. The molecule has 1 amide bonds. The number of ether oxygens (including phenoxy) is 1. The molecule has 0 aliphatic rings. The van der Waals surface area contributed by atoms with E-state index >= 15 is 0 Å². The summed E-state index contributed by atoms with van der Waals surface area (Å²) in [5.41, 5.74) is 3.19. The highest BCUT2D eigenvalue weighted by Gasteiger charge is 2.09. The van der Waals surface area contributed by atoms with Crippen LogP contribution >= 0.6 is 11.3 Å². The molecule has 0 aliphatic carbocycles. The van der Waals surface area contributed by atoms with E-state index < -0.39 is 11.0 Å². The van der Waals surface area contributed by atoms with Crippen LogP contribution in [-0.4, -0.2) is 16.0 Å². The molecule has 3 aromatic carbocycles. The summed E-state index contributed by atoms with van der Waals surface area (Å²) in [4.78, 5) is 26.8. The number of non-ortho nitro benzene ring substituents is 1. The van der Waals surface area contributed by atoms with Crippen molar-refractivity contribution in [3.63, 3.8) is 0 Å². The number of nitrogens with one attached hydrogen (secondary N) is 1. The summed E-state index contributed by atoms with van der Waals surface area (Å²) in [5, 5.41) is 14.2. The van der Waals surface area contributed by atoms with E-state index in [1.54, 1.807) is 35.6 Å². The van der Waals surface area contributed by atoms with Crippen molar-refractivity contribution in [1.82, 2.24) is 4.98 Å². The van der Waals surface area contributed by atoms with Crippen molar-refractivity contribution >= 4 is 39.0 Å². The monoisotopic (exact) mass is 405 g/mol. The first-order chi connectivity index (χ1) is 14.1. The number of para-hydroxylation sites is 1. The summed E-state index contributed by atoms with van der Waals surface area (Å²) in [6, 6.07) is 21.2. The molecule has 29 heavy (non-hydrogen) atoms. The first kappa shape index (κ1) is 18.6. The van der Waals surface area contributed by atoms with Gasteiger partial charge in [-0.25, -0.2) is 9.78 Å². The molecule has 0 saturated carbocycles. The molecule has 0 fully saturated rings. The lowest BCUT2D eigenvalue weighted by molar-refractivity contribution is -0.384. The van der Waals surface area contributed by atoms with Gasteiger partial charge in [-0.1, -0.05) is 12.1 Å². The van der Waals surface area contributed by atoms with E-state index in [9.17, 15) is 14.9 Å². The fourth-order valence-electron chi connectivity index (χ4n) is 2.71. The number of aromatic nitrogens is 1. The Balaban J connectivity index is 1.35. The first-order valence-corrected chi connectivity index (χ1v) is 9.53. The average molecular weight is 405 g/mol. The fourth-order valence-corrected chi connectivity index (χ4v) is 3.68. The Labute approximate surface area is 169 Å². The zero-order valence-electron chi connectivity index (χ0n) is 15.1. The lowest BCUT2D eigenvalue weighted by Crippen LogP contribution is -2.13. The van der Waals surface area contributed by atoms with Crippen LogP contribution in [0.1, 0.15) is 5.56 Å². The smallest absolute Gasteiger partial charge is 0.411 e. The topological polar surface area (TPSA) is 94.4 Å². The van der Waals surface area contributed by atoms with Crippen LogP contribution in [0.25, 0.3) is 20.8 Å². The second-order valence-electron chi connectivity index (χ2n) is 6.19. The summed E-state index contributed by atoms with van der Waals surface area (Å²) in [6.45, 7) is 0.0214. The van der Waals surface area contributed by atoms with Gasteiger partial charge in [0.05, 0.1) is 15.1 Å². The Hall–Kier alpha value is -3.78. The number of anilines is 1. The van der Waals surface area contributed by atoms with Crippen LogP contribution in [0.15, 0.2) is 72.8 Å². The second kappa shape index (κ2) is 8.07. The third kappa shape index (κ3) is 4.39. The second-order valence-corrected chi connectivity index (χ2v) is 7.22. The van der Waals surface area contributed by atoms with E-state index in [4.69, 9.17) is 4.74 Å². The third-order valence-corrected chi connectivity index (χ3v) is 5.27. The van der Waals surface area contributed by atoms with E-state index in [1.807, 2.05) is 36.4 Å². The molecule has 8 heteroatoms. The number of carbonyl (C=O) groups excluding carboxylic acids is 1. The maximum atomic E-state index is 12.0. The van der Waals surface area contributed by atoms with Gasteiger partial charge in [-0.3, -0.25) is 15.4 Å². The van der Waals surface area contributed by atoms with Crippen molar-refractivity contribution in [2.24, 2.45) is 0 Å².